The van der Waals surface area contributed by atoms with Crippen molar-refractivity contribution in [1.82, 2.24) is 10.3 Å². The third-order valence-corrected chi connectivity index (χ3v) is 4.54. The van der Waals surface area contributed by atoms with Gasteiger partial charge in [-0.2, -0.15) is 0 Å². The van der Waals surface area contributed by atoms with Crippen LogP contribution in [0.2, 0.25) is 0 Å². The molecule has 0 aliphatic heterocycles. The molecule has 2 aromatic rings. The Bertz CT molecular complexity index is 952. The van der Waals surface area contributed by atoms with Crippen LogP contribution in [0.5, 0.6) is 0 Å². The molecule has 0 saturated carbocycles. The SMILES string of the molecule is [2H]C([2H])(CCS(N)(=O)=O)Cc1nonc1/C(Cc1ccc(F)c(Br)c1)=N/O. The summed E-state index contributed by atoms with van der Waals surface area (Å²) in [4.78, 5) is 0. The van der Waals surface area contributed by atoms with Gasteiger partial charge in [0.1, 0.15) is 17.2 Å². The molecule has 25 heavy (non-hydrogen) atoms. The first-order valence-electron chi connectivity index (χ1n) is 7.98. The van der Waals surface area contributed by atoms with Crippen molar-refractivity contribution in [3.8, 4) is 0 Å². The number of hydrogen-bond donors (Lipinski definition) is 2. The fraction of sp³-hybridized carbons (Fsp3) is 0.357. The predicted molar refractivity (Wildman–Crippen MR) is 91.3 cm³/mol. The normalized spacial score (nSPS) is 14.3. The number of primary sulfonamides is 1. The second-order valence-electron chi connectivity index (χ2n) is 5.08. The van der Waals surface area contributed by atoms with E-state index in [0.29, 0.717) is 5.56 Å². The van der Waals surface area contributed by atoms with E-state index < -0.39 is 28.0 Å². The third kappa shape index (κ3) is 5.87. The standard InChI is InChI=1S/C14H16BrFN4O4S/c15-10-7-9(4-5-11(10)16)8-13(18-21)14-12(19-24-20-14)3-1-2-6-25(17,22)23/h4-5,7,21H,1-3,6,8H2,(H2,17,22,23)/b18-13+/i1D2. The molecule has 0 spiro atoms. The minimum absolute atomic E-state index is 0.0254. The number of benzene rings is 1. The lowest BCUT2D eigenvalue weighted by Gasteiger charge is -2.05. The summed E-state index contributed by atoms with van der Waals surface area (Å²) in [6.07, 6.45) is -2.59. The van der Waals surface area contributed by atoms with Crippen LogP contribution in [0.4, 0.5) is 4.39 Å². The predicted octanol–water partition coefficient (Wildman–Crippen LogP) is 2.00. The summed E-state index contributed by atoms with van der Waals surface area (Å²) >= 11 is 3.06. The van der Waals surface area contributed by atoms with E-state index in [1.54, 1.807) is 0 Å². The number of nitrogens with zero attached hydrogens (tertiary/aromatic N) is 3. The zero-order valence-electron chi connectivity index (χ0n) is 14.8. The Morgan fingerprint density at radius 1 is 1.48 bits per heavy atom. The Morgan fingerprint density at radius 2 is 2.24 bits per heavy atom. The number of aromatic nitrogens is 2. The fourth-order valence-electron chi connectivity index (χ4n) is 1.97. The molecule has 0 saturated heterocycles. The van der Waals surface area contributed by atoms with Gasteiger partial charge in [0.05, 0.1) is 10.2 Å². The highest BCUT2D eigenvalue weighted by Crippen LogP contribution is 2.19. The number of nitrogens with two attached hydrogens (primary N) is 1. The summed E-state index contributed by atoms with van der Waals surface area (Å²) in [7, 11) is -3.81. The van der Waals surface area contributed by atoms with E-state index in [1.165, 1.54) is 18.2 Å². The second-order valence-corrected chi connectivity index (χ2v) is 7.66. The van der Waals surface area contributed by atoms with E-state index in [2.05, 4.69) is 36.0 Å². The molecule has 3 N–H and O–H groups in total. The molecular formula is C14H16BrFN4O4S. The highest BCUT2D eigenvalue weighted by atomic mass is 79.9. The minimum atomic E-state index is -3.81. The molecule has 0 unspecified atom stereocenters. The molecule has 0 fully saturated rings. The molecule has 1 heterocycles. The first-order chi connectivity index (χ1) is 12.5. The van der Waals surface area contributed by atoms with Gasteiger partial charge < -0.3 is 5.21 Å². The van der Waals surface area contributed by atoms with Crippen LogP contribution in [0.1, 0.15) is 32.5 Å². The maximum absolute atomic E-state index is 13.3. The number of hydrogen-bond acceptors (Lipinski definition) is 7. The number of oxime groups is 1. The quantitative estimate of drug-likeness (QED) is 0.369. The molecule has 2 rings (SSSR count). The molecule has 0 radical (unpaired) electrons. The Labute approximate surface area is 154 Å². The first-order valence-corrected chi connectivity index (χ1v) is 9.49. The van der Waals surface area contributed by atoms with Crippen LogP contribution in [0.15, 0.2) is 32.5 Å². The van der Waals surface area contributed by atoms with Gasteiger partial charge in [-0.25, -0.2) is 22.6 Å². The summed E-state index contributed by atoms with van der Waals surface area (Å²) in [6, 6.07) is 4.23. The van der Waals surface area contributed by atoms with Gasteiger partial charge in [0.2, 0.25) is 10.0 Å². The molecule has 0 aliphatic carbocycles. The van der Waals surface area contributed by atoms with Crippen molar-refractivity contribution in [2.24, 2.45) is 10.3 Å². The van der Waals surface area contributed by atoms with Gasteiger partial charge in [-0.1, -0.05) is 16.4 Å². The average Bonchev–Trinajstić information content (AvgIpc) is 3.01. The van der Waals surface area contributed by atoms with Gasteiger partial charge in [-0.15, -0.1) is 0 Å². The van der Waals surface area contributed by atoms with E-state index >= 15 is 0 Å². The summed E-state index contributed by atoms with van der Waals surface area (Å²) in [5.74, 6) is -0.987. The monoisotopic (exact) mass is 436 g/mol. The van der Waals surface area contributed by atoms with Crippen LogP contribution in [0.3, 0.4) is 0 Å². The molecule has 8 nitrogen and oxygen atoms in total. The fourth-order valence-corrected chi connectivity index (χ4v) is 2.83. The molecule has 1 aromatic carbocycles. The lowest BCUT2D eigenvalue weighted by Crippen LogP contribution is -2.16. The van der Waals surface area contributed by atoms with Crippen molar-refractivity contribution in [2.75, 3.05) is 5.75 Å². The van der Waals surface area contributed by atoms with E-state index in [1.807, 2.05) is 0 Å². The van der Waals surface area contributed by atoms with Crippen molar-refractivity contribution in [3.63, 3.8) is 0 Å². The summed E-state index contributed by atoms with van der Waals surface area (Å²) < 4.78 is 56.2. The largest absolute Gasteiger partial charge is 0.411 e. The summed E-state index contributed by atoms with van der Waals surface area (Å²) in [6.45, 7) is 0. The van der Waals surface area contributed by atoms with Gasteiger partial charge in [-0.3, -0.25) is 0 Å². The number of halogens is 2. The van der Waals surface area contributed by atoms with Crippen LogP contribution in [-0.4, -0.2) is 35.4 Å². The van der Waals surface area contributed by atoms with Crippen molar-refractivity contribution < 1.29 is 25.4 Å². The zero-order valence-corrected chi connectivity index (χ0v) is 15.2. The van der Waals surface area contributed by atoms with E-state index in [0.717, 1.165) is 0 Å². The molecular weight excluding hydrogens is 419 g/mol. The molecule has 0 amide bonds. The molecule has 0 atom stereocenters. The number of sulfonamides is 1. The molecule has 11 heteroatoms. The lowest BCUT2D eigenvalue weighted by molar-refractivity contribution is 0.300. The van der Waals surface area contributed by atoms with Crippen molar-refractivity contribution >= 4 is 31.7 Å². The Hall–Kier alpha value is -1.85. The van der Waals surface area contributed by atoms with E-state index in [4.69, 9.17) is 7.88 Å². The first kappa shape index (κ1) is 16.6. The Morgan fingerprint density at radius 3 is 2.88 bits per heavy atom. The third-order valence-electron chi connectivity index (χ3n) is 3.16. The minimum Gasteiger partial charge on any atom is -0.411 e. The van der Waals surface area contributed by atoms with Crippen LogP contribution in [0, 0.1) is 5.82 Å². The number of rotatable bonds is 8. The molecule has 136 valence electrons. The Kier molecular flexibility index (Phi) is 5.64. The topological polar surface area (TPSA) is 132 Å². The maximum atomic E-state index is 13.3. The smallest absolute Gasteiger partial charge is 0.209 e. The van der Waals surface area contributed by atoms with Gasteiger partial charge in [0, 0.05) is 9.16 Å². The van der Waals surface area contributed by atoms with E-state index in [-0.39, 0.29) is 40.8 Å². The van der Waals surface area contributed by atoms with Gasteiger partial charge in [0.15, 0.2) is 5.69 Å². The summed E-state index contributed by atoms with van der Waals surface area (Å²) in [5.41, 5.74) is 0.718. The van der Waals surface area contributed by atoms with Crippen LogP contribution >= 0.6 is 15.9 Å². The Balaban J connectivity index is 2.19. The van der Waals surface area contributed by atoms with Gasteiger partial charge in [-0.05, 0) is 58.0 Å². The highest BCUT2D eigenvalue weighted by molar-refractivity contribution is 9.10. The number of aryl methyl sites for hydroxylation is 1. The van der Waals surface area contributed by atoms with E-state index in [9.17, 15) is 18.0 Å². The highest BCUT2D eigenvalue weighted by Gasteiger charge is 2.18. The van der Waals surface area contributed by atoms with Crippen LogP contribution in [-0.2, 0) is 22.9 Å². The van der Waals surface area contributed by atoms with Crippen LogP contribution < -0.4 is 5.14 Å². The summed E-state index contributed by atoms with van der Waals surface area (Å²) in [5, 5.41) is 24.6. The van der Waals surface area contributed by atoms with Crippen LogP contribution in [0.25, 0.3) is 0 Å². The maximum Gasteiger partial charge on any atom is 0.209 e. The molecule has 0 aliphatic rings. The van der Waals surface area contributed by atoms with Crippen molar-refractivity contribution in [2.45, 2.75) is 25.6 Å². The lowest BCUT2D eigenvalue weighted by atomic mass is 10.0. The second kappa shape index (κ2) is 8.50. The molecule has 0 bridgehead atoms. The average molecular weight is 437 g/mol. The van der Waals surface area contributed by atoms with Gasteiger partial charge in [0.25, 0.3) is 0 Å². The zero-order chi connectivity index (χ0) is 20.2. The van der Waals surface area contributed by atoms with Gasteiger partial charge >= 0.3 is 0 Å². The van der Waals surface area contributed by atoms with Crippen molar-refractivity contribution in [1.29, 1.82) is 0 Å². The molecule has 1 aromatic heterocycles. The van der Waals surface area contributed by atoms with Crippen molar-refractivity contribution in [3.05, 3.63) is 45.4 Å².